The first kappa shape index (κ1) is 26.6. The van der Waals surface area contributed by atoms with Gasteiger partial charge in [-0.3, -0.25) is 9.59 Å². The summed E-state index contributed by atoms with van der Waals surface area (Å²) in [5.74, 6) is -0.836. The Bertz CT molecular complexity index is 1060. The minimum absolute atomic E-state index is 0.143. The van der Waals surface area contributed by atoms with E-state index in [1.807, 2.05) is 13.8 Å². The Morgan fingerprint density at radius 1 is 1.11 bits per heavy atom. The molecule has 2 amide bonds. The van der Waals surface area contributed by atoms with E-state index in [2.05, 4.69) is 45.0 Å². The van der Waals surface area contributed by atoms with Crippen LogP contribution in [0.2, 0.25) is 0 Å². The molecule has 1 aromatic heterocycles. The van der Waals surface area contributed by atoms with E-state index in [1.54, 1.807) is 12.1 Å². The summed E-state index contributed by atoms with van der Waals surface area (Å²) in [5.41, 5.74) is 4.20. The largest absolute Gasteiger partial charge is 0.358 e. The van der Waals surface area contributed by atoms with Crippen molar-refractivity contribution in [3.05, 3.63) is 52.1 Å². The summed E-state index contributed by atoms with van der Waals surface area (Å²) in [5, 5.41) is 12.1. The molecular formula is C26H37FN6O2. The zero-order valence-corrected chi connectivity index (χ0v) is 21.1. The van der Waals surface area contributed by atoms with Crippen molar-refractivity contribution in [2.45, 2.75) is 27.7 Å². The second-order valence-corrected chi connectivity index (χ2v) is 8.65. The highest BCUT2D eigenvalue weighted by Crippen LogP contribution is 2.34. The normalized spacial score (nSPS) is 16.1. The van der Waals surface area contributed by atoms with Crippen LogP contribution in [-0.4, -0.2) is 74.1 Å². The monoisotopic (exact) mass is 484 g/mol. The molecule has 1 fully saturated rings. The van der Waals surface area contributed by atoms with Gasteiger partial charge < -0.3 is 31.2 Å². The number of fused-ring (bicyclic) bond motifs is 1. The molecule has 5 N–H and O–H groups in total. The summed E-state index contributed by atoms with van der Waals surface area (Å²) in [6.45, 7) is 15.7. The van der Waals surface area contributed by atoms with Crippen LogP contribution in [0.25, 0.3) is 11.6 Å². The highest BCUT2D eigenvalue weighted by molar-refractivity contribution is 6.34. The van der Waals surface area contributed by atoms with Gasteiger partial charge in [0.15, 0.2) is 0 Å². The number of aryl methyl sites for hydroxylation is 1. The van der Waals surface area contributed by atoms with Crippen LogP contribution < -0.4 is 21.3 Å². The van der Waals surface area contributed by atoms with Crippen molar-refractivity contribution in [2.75, 3.05) is 57.7 Å². The third-order valence-electron chi connectivity index (χ3n) is 6.32. The molecule has 35 heavy (non-hydrogen) atoms. The number of H-pyrrole nitrogens is 1. The van der Waals surface area contributed by atoms with Crippen molar-refractivity contribution in [2.24, 2.45) is 0 Å². The summed E-state index contributed by atoms with van der Waals surface area (Å²) in [7, 11) is 0. The average molecular weight is 485 g/mol. The summed E-state index contributed by atoms with van der Waals surface area (Å²) in [6.07, 6.45) is 1.68. The van der Waals surface area contributed by atoms with E-state index in [1.165, 1.54) is 12.1 Å². The van der Waals surface area contributed by atoms with Crippen LogP contribution in [0.5, 0.6) is 0 Å². The number of nitrogens with one attached hydrogen (secondary N) is 5. The van der Waals surface area contributed by atoms with Crippen LogP contribution in [-0.2, 0) is 4.79 Å². The number of piperazine rings is 1. The Hall–Kier alpha value is -3.01. The van der Waals surface area contributed by atoms with E-state index in [9.17, 15) is 14.0 Å². The molecule has 1 saturated heterocycles. The number of aromatic nitrogens is 1. The number of hydrogen-bond donors (Lipinski definition) is 5. The Morgan fingerprint density at radius 3 is 2.37 bits per heavy atom. The predicted octanol–water partition coefficient (Wildman–Crippen LogP) is 2.51. The molecule has 3 heterocycles. The number of amides is 2. The lowest BCUT2D eigenvalue weighted by atomic mass is 10.0. The van der Waals surface area contributed by atoms with E-state index in [-0.39, 0.29) is 11.8 Å². The van der Waals surface area contributed by atoms with Crippen molar-refractivity contribution < 1.29 is 14.0 Å². The molecule has 0 bridgehead atoms. The maximum atomic E-state index is 13.7. The summed E-state index contributed by atoms with van der Waals surface area (Å²) in [4.78, 5) is 30.5. The number of carbonyl (C=O) groups excluding carboxylic acids is 2. The maximum Gasteiger partial charge on any atom is 0.256 e. The van der Waals surface area contributed by atoms with Gasteiger partial charge in [0.05, 0.1) is 11.1 Å². The van der Waals surface area contributed by atoms with E-state index >= 15 is 0 Å². The molecule has 0 atom stereocenters. The molecule has 8 nitrogen and oxygen atoms in total. The van der Waals surface area contributed by atoms with E-state index in [0.717, 1.165) is 57.1 Å². The number of hydrogen-bond acceptors (Lipinski definition) is 5. The zero-order chi connectivity index (χ0) is 25.4. The minimum atomic E-state index is -0.404. The van der Waals surface area contributed by atoms with Gasteiger partial charge in [-0.25, -0.2) is 4.39 Å². The third kappa shape index (κ3) is 6.78. The van der Waals surface area contributed by atoms with E-state index in [4.69, 9.17) is 0 Å². The molecule has 0 radical (unpaired) electrons. The van der Waals surface area contributed by atoms with Gasteiger partial charge in [-0.05, 0) is 56.8 Å². The number of benzene rings is 1. The second kappa shape index (κ2) is 12.6. The number of halogens is 1. The van der Waals surface area contributed by atoms with Crippen LogP contribution in [0.3, 0.4) is 0 Å². The van der Waals surface area contributed by atoms with Gasteiger partial charge in [0.1, 0.15) is 5.82 Å². The number of carbonyl (C=O) groups is 2. The quantitative estimate of drug-likeness (QED) is 0.389. The smallest absolute Gasteiger partial charge is 0.256 e. The van der Waals surface area contributed by atoms with Gasteiger partial charge in [-0.15, -0.1) is 0 Å². The summed E-state index contributed by atoms with van der Waals surface area (Å²) in [6, 6.07) is 4.20. The Kier molecular flexibility index (Phi) is 9.59. The Balaban J connectivity index is 0.000000497. The van der Waals surface area contributed by atoms with Gasteiger partial charge in [0, 0.05) is 61.9 Å². The van der Waals surface area contributed by atoms with Crippen LogP contribution in [0.1, 0.15) is 46.7 Å². The fraction of sp³-hybridized carbons (Fsp3) is 0.462. The van der Waals surface area contributed by atoms with E-state index in [0.29, 0.717) is 34.6 Å². The highest BCUT2D eigenvalue weighted by atomic mass is 19.1. The molecule has 2 aliphatic heterocycles. The summed E-state index contributed by atoms with van der Waals surface area (Å²) < 4.78 is 13.7. The summed E-state index contributed by atoms with van der Waals surface area (Å²) >= 11 is 0. The van der Waals surface area contributed by atoms with Gasteiger partial charge in [0.2, 0.25) is 0 Å². The van der Waals surface area contributed by atoms with Crippen LogP contribution >= 0.6 is 0 Å². The van der Waals surface area contributed by atoms with Gasteiger partial charge >= 0.3 is 0 Å². The molecule has 0 unspecified atom stereocenters. The molecule has 9 heteroatoms. The third-order valence-corrected chi connectivity index (χ3v) is 6.32. The maximum absolute atomic E-state index is 13.7. The number of aromatic amines is 1. The van der Waals surface area contributed by atoms with Gasteiger partial charge in [-0.2, -0.15) is 0 Å². The SMILES string of the molecule is C1CNCCN1.CCN(CC)CCNC(=O)c1c(C)[nH]c(/C=C2\C(=O)Nc3ccc(F)cc32)c1C. The molecule has 0 spiro atoms. The molecule has 190 valence electrons. The predicted molar refractivity (Wildman–Crippen MR) is 139 cm³/mol. The topological polar surface area (TPSA) is 101 Å². The van der Waals surface area contributed by atoms with E-state index < -0.39 is 5.82 Å². The Labute approximate surface area is 206 Å². The second-order valence-electron chi connectivity index (χ2n) is 8.65. The van der Waals surface area contributed by atoms with Gasteiger partial charge in [0.25, 0.3) is 11.8 Å². The highest BCUT2D eigenvalue weighted by Gasteiger charge is 2.26. The lowest BCUT2D eigenvalue weighted by Gasteiger charge is -2.18. The lowest BCUT2D eigenvalue weighted by Crippen LogP contribution is -2.39. The fourth-order valence-corrected chi connectivity index (χ4v) is 4.27. The fourth-order valence-electron chi connectivity index (χ4n) is 4.27. The molecular weight excluding hydrogens is 447 g/mol. The molecule has 0 aliphatic carbocycles. The van der Waals surface area contributed by atoms with Crippen molar-refractivity contribution in [1.82, 2.24) is 25.8 Å². The first-order valence-corrected chi connectivity index (χ1v) is 12.3. The molecule has 1 aromatic carbocycles. The molecule has 2 aliphatic rings. The first-order chi connectivity index (χ1) is 16.8. The van der Waals surface area contributed by atoms with Crippen molar-refractivity contribution in [3.8, 4) is 0 Å². The first-order valence-electron chi connectivity index (χ1n) is 12.3. The zero-order valence-electron chi connectivity index (χ0n) is 21.1. The number of likely N-dealkylation sites (N-methyl/N-ethyl adjacent to an activating group) is 1. The Morgan fingerprint density at radius 2 is 1.77 bits per heavy atom. The number of nitrogens with zero attached hydrogens (tertiary/aromatic N) is 1. The van der Waals surface area contributed by atoms with Crippen molar-refractivity contribution in [1.29, 1.82) is 0 Å². The van der Waals surface area contributed by atoms with Crippen LogP contribution in [0.4, 0.5) is 10.1 Å². The van der Waals surface area contributed by atoms with Gasteiger partial charge in [-0.1, -0.05) is 13.8 Å². The lowest BCUT2D eigenvalue weighted by molar-refractivity contribution is -0.110. The minimum Gasteiger partial charge on any atom is -0.358 e. The standard InChI is InChI=1S/C22H27FN4O2.C4H10N2/c1-5-27(6-2)10-9-24-22(29)20-13(3)19(25-14(20)4)12-17-16-11-15(23)7-8-18(16)26-21(17)28;1-2-6-4-3-5-1/h7-8,11-12,25H,5-6,9-10H2,1-4H3,(H,24,29)(H,26,28);5-6H,1-4H2/b17-12-;. The number of rotatable bonds is 7. The van der Waals surface area contributed by atoms with Crippen LogP contribution in [0, 0.1) is 19.7 Å². The van der Waals surface area contributed by atoms with Crippen LogP contribution in [0.15, 0.2) is 18.2 Å². The molecule has 2 aromatic rings. The van der Waals surface area contributed by atoms with Crippen molar-refractivity contribution in [3.63, 3.8) is 0 Å². The average Bonchev–Trinajstić information content (AvgIpc) is 3.32. The molecule has 4 rings (SSSR count). The molecule has 0 saturated carbocycles. The van der Waals surface area contributed by atoms with Crippen molar-refractivity contribution >= 4 is 29.2 Å². The number of anilines is 1.